The zero-order valence-corrected chi connectivity index (χ0v) is 36.4. The minimum absolute atomic E-state index is 0. The molecule has 4 aliphatic carbocycles. The van der Waals surface area contributed by atoms with Crippen LogP contribution >= 0.6 is 12.4 Å². The number of halogens is 1. The standard InChI is InChI=1S/C22H34N2O5.C14H23NO4.C8H13NO2.ClH/c1-4-7-8-9-10-11-23-19(26)17-12-16(25)13-18(17)20(27)24-22(14-15(22)5-2)21(28)29-6-3;1-2-3-4-5-6-7-15-13(17)11-8-10(16)9-12(11)14(18)19;1-3-6-5-8(6,9)7(10)11-4-2;/h4-5,15-18,25H,1-2,6-14H2,3H3,(H,23,26)(H,24,27);2,10-12,16H,1,3-9H2,(H,15,17)(H,18,19);3,6H,1,4-5,9H2,2H3;1H/t15-,16-,17-,18-,22-;10-,11-,12-;6-,8-;/m111./s1. The Bertz CT molecular complexity index is 1480. The van der Waals surface area contributed by atoms with Crippen molar-refractivity contribution in [1.82, 2.24) is 16.0 Å². The number of rotatable bonds is 23. The van der Waals surface area contributed by atoms with Crippen molar-refractivity contribution in [2.45, 2.75) is 127 Å². The van der Waals surface area contributed by atoms with Gasteiger partial charge in [0.2, 0.25) is 17.7 Å². The minimum Gasteiger partial charge on any atom is -0.481 e. The van der Waals surface area contributed by atoms with E-state index in [2.05, 4.69) is 42.3 Å². The van der Waals surface area contributed by atoms with Gasteiger partial charge in [0.1, 0.15) is 11.1 Å². The van der Waals surface area contributed by atoms with Crippen LogP contribution in [0.4, 0.5) is 0 Å². The SMILES string of the molecule is C=CCCCCCNC(=O)[C@@H]1C[C@@H](O)C[C@H]1C(=O)N[C@]1(C(=O)OCC)C[C@H]1C=C.C=CCCCCCNC(=O)[C@@H]1C[C@@H](O)C[C@H]1C(=O)O.C=C[C@@H]1C[C@]1(N)C(=O)OCC.Cl. The summed E-state index contributed by atoms with van der Waals surface area (Å²) in [5, 5.41) is 37.0. The molecular weight excluding hydrogens is 796 g/mol. The highest BCUT2D eigenvalue weighted by Crippen LogP contribution is 2.46. The molecule has 0 saturated heterocycles. The zero-order valence-electron chi connectivity index (χ0n) is 35.6. The highest BCUT2D eigenvalue weighted by Gasteiger charge is 2.62. The Morgan fingerprint density at radius 3 is 1.48 bits per heavy atom. The summed E-state index contributed by atoms with van der Waals surface area (Å²) in [6.45, 7) is 19.8. The predicted molar refractivity (Wildman–Crippen MR) is 230 cm³/mol. The second-order valence-corrected chi connectivity index (χ2v) is 15.9. The van der Waals surface area contributed by atoms with Crippen molar-refractivity contribution in [3.8, 4) is 0 Å². The van der Waals surface area contributed by atoms with Crippen LogP contribution in [0.15, 0.2) is 50.6 Å². The molecule has 8 N–H and O–H groups in total. The molecule has 0 aromatic rings. The van der Waals surface area contributed by atoms with Gasteiger partial charge in [-0.05, 0) is 90.9 Å². The van der Waals surface area contributed by atoms with Gasteiger partial charge >= 0.3 is 17.9 Å². The number of hydrogen-bond donors (Lipinski definition) is 7. The van der Waals surface area contributed by atoms with Gasteiger partial charge in [0.25, 0.3) is 0 Å². The van der Waals surface area contributed by atoms with E-state index >= 15 is 0 Å². The zero-order chi connectivity index (χ0) is 44.2. The summed E-state index contributed by atoms with van der Waals surface area (Å²) < 4.78 is 9.91. The second kappa shape index (κ2) is 27.0. The van der Waals surface area contributed by atoms with E-state index in [0.717, 1.165) is 51.4 Å². The normalized spacial score (nSPS) is 29.2. The molecule has 4 rings (SSSR count). The average molecular weight is 868 g/mol. The maximum absolute atomic E-state index is 12.9. The highest BCUT2D eigenvalue weighted by molar-refractivity contribution is 5.95. The number of nitrogens with two attached hydrogens (primary N) is 1. The van der Waals surface area contributed by atoms with Gasteiger partial charge in [-0.15, -0.1) is 38.7 Å². The van der Waals surface area contributed by atoms with Crippen LogP contribution in [0.2, 0.25) is 0 Å². The number of carbonyl (C=O) groups excluding carboxylic acids is 5. The van der Waals surface area contributed by atoms with Crippen molar-refractivity contribution < 1.29 is 53.6 Å². The van der Waals surface area contributed by atoms with E-state index in [-0.39, 0.29) is 80.2 Å². The lowest BCUT2D eigenvalue weighted by Gasteiger charge is -2.23. The van der Waals surface area contributed by atoms with E-state index in [4.69, 9.17) is 20.3 Å². The molecule has 0 bridgehead atoms. The Labute approximate surface area is 361 Å². The number of allylic oxidation sites excluding steroid dienone is 2. The summed E-state index contributed by atoms with van der Waals surface area (Å²) in [5.74, 6) is -5.30. The Hall–Kier alpha value is -4.05. The van der Waals surface area contributed by atoms with Gasteiger partial charge in [-0.1, -0.05) is 37.1 Å². The van der Waals surface area contributed by atoms with Crippen molar-refractivity contribution in [3.05, 3.63) is 50.6 Å². The minimum atomic E-state index is -1.09. The average Bonchev–Trinajstić information content (AvgIpc) is 3.98. The van der Waals surface area contributed by atoms with Gasteiger partial charge in [-0.25, -0.2) is 4.79 Å². The molecule has 60 heavy (non-hydrogen) atoms. The second-order valence-electron chi connectivity index (χ2n) is 15.9. The largest absolute Gasteiger partial charge is 0.481 e. The number of esters is 2. The van der Waals surface area contributed by atoms with Crippen molar-refractivity contribution in [2.24, 2.45) is 41.2 Å². The topological polar surface area (TPSA) is 244 Å². The Morgan fingerprint density at radius 1 is 0.650 bits per heavy atom. The van der Waals surface area contributed by atoms with Gasteiger partial charge in [-0.2, -0.15) is 0 Å². The fraction of sp³-hybridized carbons (Fsp3) is 0.682. The first kappa shape index (κ1) is 54.0. The fourth-order valence-electron chi connectivity index (χ4n) is 7.70. The molecule has 4 fully saturated rings. The lowest BCUT2D eigenvalue weighted by Crippen LogP contribution is -2.50. The monoisotopic (exact) mass is 866 g/mol. The maximum atomic E-state index is 12.9. The molecule has 0 spiro atoms. The molecule has 0 aromatic heterocycles. The van der Waals surface area contributed by atoms with E-state index in [1.54, 1.807) is 26.0 Å². The molecule has 4 aliphatic rings. The number of unbranched alkanes of at least 4 members (excludes halogenated alkanes) is 6. The van der Waals surface area contributed by atoms with Crippen LogP contribution in [0.1, 0.15) is 104 Å². The van der Waals surface area contributed by atoms with Crippen LogP contribution in [-0.2, 0) is 38.2 Å². The first-order chi connectivity index (χ1) is 28.1. The van der Waals surface area contributed by atoms with E-state index in [1.807, 2.05) is 12.2 Å². The van der Waals surface area contributed by atoms with Gasteiger partial charge in [-0.3, -0.25) is 24.0 Å². The van der Waals surface area contributed by atoms with E-state index in [1.165, 1.54) is 0 Å². The molecule has 16 heteroatoms. The smallest absolute Gasteiger partial charge is 0.332 e. The molecular formula is C44H71ClN4O11. The summed E-state index contributed by atoms with van der Waals surface area (Å²) in [7, 11) is 0. The maximum Gasteiger partial charge on any atom is 0.332 e. The van der Waals surface area contributed by atoms with E-state index < -0.39 is 58.9 Å². The van der Waals surface area contributed by atoms with Crippen molar-refractivity contribution in [2.75, 3.05) is 26.3 Å². The highest BCUT2D eigenvalue weighted by atomic mass is 35.5. The summed E-state index contributed by atoms with van der Waals surface area (Å²) in [6.07, 6.45) is 15.5. The van der Waals surface area contributed by atoms with Gasteiger partial charge in [0.15, 0.2) is 0 Å². The number of aliphatic carboxylic acids is 1. The number of carboxylic acid groups (broad SMARTS) is 1. The Balaban J connectivity index is 0.000000497. The molecule has 0 aliphatic heterocycles. The van der Waals surface area contributed by atoms with E-state index in [9.17, 15) is 39.0 Å². The first-order valence-electron chi connectivity index (χ1n) is 21.2. The Kier molecular flexibility index (Phi) is 24.3. The lowest BCUT2D eigenvalue weighted by molar-refractivity contribution is -0.150. The molecule has 10 atom stereocenters. The van der Waals surface area contributed by atoms with Crippen LogP contribution < -0.4 is 21.7 Å². The third kappa shape index (κ3) is 16.1. The van der Waals surface area contributed by atoms with Crippen molar-refractivity contribution in [1.29, 1.82) is 0 Å². The number of ether oxygens (including phenoxy) is 2. The third-order valence-corrected chi connectivity index (χ3v) is 11.5. The molecule has 0 unspecified atom stereocenters. The molecule has 0 radical (unpaired) electrons. The number of carboxylic acids is 1. The molecule has 340 valence electrons. The lowest BCUT2D eigenvalue weighted by atomic mass is 9.93. The number of amides is 3. The van der Waals surface area contributed by atoms with Gasteiger partial charge in [0.05, 0.1) is 49.1 Å². The molecule has 3 amide bonds. The van der Waals surface area contributed by atoms with Crippen molar-refractivity contribution >= 4 is 48.0 Å². The summed E-state index contributed by atoms with van der Waals surface area (Å²) >= 11 is 0. The molecule has 15 nitrogen and oxygen atoms in total. The van der Waals surface area contributed by atoms with Crippen LogP contribution in [0.25, 0.3) is 0 Å². The summed E-state index contributed by atoms with van der Waals surface area (Å²) in [6, 6.07) is 0. The fourth-order valence-corrected chi connectivity index (χ4v) is 7.70. The van der Waals surface area contributed by atoms with Gasteiger partial charge < -0.3 is 46.5 Å². The van der Waals surface area contributed by atoms with Crippen molar-refractivity contribution in [3.63, 3.8) is 0 Å². The molecule has 0 aromatic carbocycles. The number of hydrogen-bond acceptors (Lipinski definition) is 11. The summed E-state index contributed by atoms with van der Waals surface area (Å²) in [5.41, 5.74) is 3.84. The quantitative estimate of drug-likeness (QED) is 0.0437. The van der Waals surface area contributed by atoms with Crippen LogP contribution in [-0.4, -0.2) is 101 Å². The predicted octanol–water partition coefficient (Wildman–Crippen LogP) is 4.06. The number of carbonyl (C=O) groups is 6. The van der Waals surface area contributed by atoms with E-state index in [0.29, 0.717) is 32.5 Å². The number of nitrogens with one attached hydrogen (secondary N) is 3. The van der Waals surface area contributed by atoms with Crippen LogP contribution in [0.3, 0.4) is 0 Å². The molecule has 0 heterocycles. The summed E-state index contributed by atoms with van der Waals surface area (Å²) in [4.78, 5) is 71.9. The van der Waals surface area contributed by atoms with Gasteiger partial charge in [0, 0.05) is 24.9 Å². The Morgan fingerprint density at radius 2 is 1.08 bits per heavy atom. The van der Waals surface area contributed by atoms with Crippen LogP contribution in [0, 0.1) is 35.5 Å². The number of aliphatic hydroxyl groups is 2. The first-order valence-corrected chi connectivity index (χ1v) is 21.2. The number of aliphatic hydroxyl groups excluding tert-OH is 2. The van der Waals surface area contributed by atoms with Crippen LogP contribution in [0.5, 0.6) is 0 Å². The third-order valence-electron chi connectivity index (χ3n) is 11.5. The molecule has 4 saturated carbocycles.